The summed E-state index contributed by atoms with van der Waals surface area (Å²) in [6, 6.07) is 12.7. The number of pyridine rings is 1. The van der Waals surface area contributed by atoms with E-state index in [1.165, 1.54) is 11.1 Å². The van der Waals surface area contributed by atoms with Crippen LogP contribution in [0.25, 0.3) is 0 Å². The highest BCUT2D eigenvalue weighted by atomic mass is 15.1. The Hall–Kier alpha value is -1.87. The molecule has 0 aliphatic rings. The minimum absolute atomic E-state index is 0.981. The van der Waals surface area contributed by atoms with Crippen LogP contribution in [0.15, 0.2) is 48.8 Å². The quantitative estimate of drug-likeness (QED) is 0.860. The molecule has 2 aromatic rings. The van der Waals surface area contributed by atoms with Crippen LogP contribution in [0.5, 0.6) is 0 Å². The molecule has 19 heavy (non-hydrogen) atoms. The van der Waals surface area contributed by atoms with E-state index >= 15 is 0 Å². The van der Waals surface area contributed by atoms with Crippen LogP contribution in [-0.2, 0) is 13.0 Å². The molecule has 0 bridgehead atoms. The van der Waals surface area contributed by atoms with Crippen LogP contribution in [0.3, 0.4) is 0 Å². The molecule has 0 saturated heterocycles. The second-order valence-electron chi connectivity index (χ2n) is 4.79. The maximum Gasteiger partial charge on any atom is 0.0337 e. The fourth-order valence-electron chi connectivity index (χ4n) is 2.04. The molecule has 0 unspecified atom stereocenters. The summed E-state index contributed by atoms with van der Waals surface area (Å²) >= 11 is 0. The molecule has 0 atom stereocenters. The predicted octanol–water partition coefficient (Wildman–Crippen LogP) is 2.80. The van der Waals surface area contributed by atoms with Crippen molar-refractivity contribution in [1.29, 1.82) is 0 Å². The van der Waals surface area contributed by atoms with E-state index in [4.69, 9.17) is 0 Å². The van der Waals surface area contributed by atoms with Crippen molar-refractivity contribution in [3.05, 3.63) is 59.9 Å². The van der Waals surface area contributed by atoms with E-state index in [0.29, 0.717) is 0 Å². The molecule has 0 aliphatic carbocycles. The van der Waals surface area contributed by atoms with E-state index in [1.54, 1.807) is 0 Å². The van der Waals surface area contributed by atoms with Crippen LogP contribution >= 0.6 is 0 Å². The molecule has 3 nitrogen and oxygen atoms in total. The molecule has 0 radical (unpaired) electrons. The first-order valence-electron chi connectivity index (χ1n) is 6.62. The van der Waals surface area contributed by atoms with E-state index < -0.39 is 0 Å². The minimum Gasteiger partial charge on any atom is -0.388 e. The van der Waals surface area contributed by atoms with Gasteiger partial charge in [-0.25, -0.2) is 0 Å². The number of nitrogens with one attached hydrogen (secondary N) is 1. The smallest absolute Gasteiger partial charge is 0.0337 e. The minimum atomic E-state index is 0.981. The third kappa shape index (κ3) is 4.38. The van der Waals surface area contributed by atoms with E-state index in [1.807, 2.05) is 19.4 Å². The van der Waals surface area contributed by atoms with Crippen LogP contribution in [-0.4, -0.2) is 30.5 Å². The number of hydrogen-bond acceptors (Lipinski definition) is 3. The van der Waals surface area contributed by atoms with Gasteiger partial charge in [-0.1, -0.05) is 12.1 Å². The maximum absolute atomic E-state index is 4.04. The lowest BCUT2D eigenvalue weighted by molar-refractivity contribution is 0.331. The van der Waals surface area contributed by atoms with Crippen LogP contribution in [0.4, 0.5) is 5.69 Å². The zero-order valence-corrected chi connectivity index (χ0v) is 11.6. The van der Waals surface area contributed by atoms with Crippen molar-refractivity contribution in [2.45, 2.75) is 13.0 Å². The van der Waals surface area contributed by atoms with Gasteiger partial charge in [-0.05, 0) is 48.9 Å². The summed E-state index contributed by atoms with van der Waals surface area (Å²) in [4.78, 5) is 6.38. The lowest BCUT2D eigenvalue weighted by Gasteiger charge is -2.16. The summed E-state index contributed by atoms with van der Waals surface area (Å²) in [7, 11) is 4.10. The van der Waals surface area contributed by atoms with Gasteiger partial charge in [0.1, 0.15) is 0 Å². The van der Waals surface area contributed by atoms with Gasteiger partial charge in [-0.2, -0.15) is 0 Å². The van der Waals surface area contributed by atoms with Gasteiger partial charge >= 0.3 is 0 Å². The van der Waals surface area contributed by atoms with Gasteiger partial charge in [-0.15, -0.1) is 0 Å². The fourth-order valence-corrected chi connectivity index (χ4v) is 2.04. The van der Waals surface area contributed by atoms with E-state index in [9.17, 15) is 0 Å². The summed E-state index contributed by atoms with van der Waals surface area (Å²) in [5.74, 6) is 0. The van der Waals surface area contributed by atoms with Gasteiger partial charge in [0.25, 0.3) is 0 Å². The number of nitrogens with zero attached hydrogens (tertiary/aromatic N) is 2. The van der Waals surface area contributed by atoms with Crippen molar-refractivity contribution >= 4 is 5.69 Å². The first-order valence-corrected chi connectivity index (χ1v) is 6.62. The summed E-state index contributed by atoms with van der Waals surface area (Å²) in [6.45, 7) is 2.03. The third-order valence-corrected chi connectivity index (χ3v) is 3.23. The zero-order valence-electron chi connectivity index (χ0n) is 11.6. The second-order valence-corrected chi connectivity index (χ2v) is 4.79. The maximum atomic E-state index is 4.04. The monoisotopic (exact) mass is 255 g/mol. The average Bonchev–Trinajstić information content (AvgIpc) is 2.47. The molecule has 100 valence electrons. The first kappa shape index (κ1) is 13.6. The van der Waals surface area contributed by atoms with Gasteiger partial charge in [0.05, 0.1) is 0 Å². The van der Waals surface area contributed by atoms with Crippen LogP contribution in [0.1, 0.15) is 11.1 Å². The van der Waals surface area contributed by atoms with Crippen LogP contribution < -0.4 is 5.32 Å². The fraction of sp³-hybridized carbons (Fsp3) is 0.312. The van der Waals surface area contributed by atoms with Crippen molar-refractivity contribution in [3.8, 4) is 0 Å². The molecule has 0 saturated carbocycles. The molecule has 1 aromatic heterocycles. The van der Waals surface area contributed by atoms with E-state index in [0.717, 1.165) is 25.2 Å². The lowest BCUT2D eigenvalue weighted by atomic mass is 10.1. The molecule has 0 spiro atoms. The Bertz CT molecular complexity index is 479. The van der Waals surface area contributed by atoms with Gasteiger partial charge in [0.15, 0.2) is 0 Å². The Morgan fingerprint density at radius 1 is 1.00 bits per heavy atom. The van der Waals surface area contributed by atoms with E-state index in [2.05, 4.69) is 58.6 Å². The number of anilines is 1. The second kappa shape index (κ2) is 6.90. The summed E-state index contributed by atoms with van der Waals surface area (Å²) in [5, 5.41) is 3.13. The molecule has 1 heterocycles. The Balaban J connectivity index is 1.82. The summed E-state index contributed by atoms with van der Waals surface area (Å²) in [6.07, 6.45) is 4.77. The highest BCUT2D eigenvalue weighted by molar-refractivity contribution is 5.43. The lowest BCUT2D eigenvalue weighted by Crippen LogP contribution is -2.20. The third-order valence-electron chi connectivity index (χ3n) is 3.23. The molecule has 0 fully saturated rings. The van der Waals surface area contributed by atoms with Gasteiger partial charge < -0.3 is 10.2 Å². The van der Waals surface area contributed by atoms with Crippen LogP contribution in [0.2, 0.25) is 0 Å². The molecule has 2 rings (SSSR count). The summed E-state index contributed by atoms with van der Waals surface area (Å²) < 4.78 is 0. The molecule has 0 aliphatic heterocycles. The SMILES string of the molecule is CNc1ccc(CN(C)CCc2ccncc2)cc1. The Labute approximate surface area is 115 Å². The molecule has 3 heteroatoms. The topological polar surface area (TPSA) is 28.2 Å². The average molecular weight is 255 g/mol. The Morgan fingerprint density at radius 3 is 2.32 bits per heavy atom. The van der Waals surface area contributed by atoms with Gasteiger partial charge in [0, 0.05) is 38.2 Å². The zero-order chi connectivity index (χ0) is 13.5. The van der Waals surface area contributed by atoms with Crippen molar-refractivity contribution in [3.63, 3.8) is 0 Å². The molecular formula is C16H21N3. The van der Waals surface area contributed by atoms with Crippen molar-refractivity contribution in [2.24, 2.45) is 0 Å². The predicted molar refractivity (Wildman–Crippen MR) is 80.3 cm³/mol. The number of aromatic nitrogens is 1. The highest BCUT2D eigenvalue weighted by Crippen LogP contribution is 2.10. The molecular weight excluding hydrogens is 234 g/mol. The molecule has 1 aromatic carbocycles. The standard InChI is InChI=1S/C16H21N3/c1-17-16-5-3-15(4-6-16)13-19(2)12-9-14-7-10-18-11-8-14/h3-8,10-11,17H,9,12-13H2,1-2H3. The van der Waals surface area contributed by atoms with Crippen molar-refractivity contribution < 1.29 is 0 Å². The largest absolute Gasteiger partial charge is 0.388 e. The van der Waals surface area contributed by atoms with Crippen molar-refractivity contribution in [1.82, 2.24) is 9.88 Å². The number of benzene rings is 1. The Kier molecular flexibility index (Phi) is 4.93. The Morgan fingerprint density at radius 2 is 1.68 bits per heavy atom. The number of likely N-dealkylation sites (N-methyl/N-ethyl adjacent to an activating group) is 1. The van der Waals surface area contributed by atoms with E-state index in [-0.39, 0.29) is 0 Å². The normalized spacial score (nSPS) is 10.7. The number of hydrogen-bond donors (Lipinski definition) is 1. The van der Waals surface area contributed by atoms with Gasteiger partial charge in [0.2, 0.25) is 0 Å². The summed E-state index contributed by atoms with van der Waals surface area (Å²) in [5.41, 5.74) is 3.84. The van der Waals surface area contributed by atoms with Gasteiger partial charge in [-0.3, -0.25) is 4.98 Å². The molecule has 1 N–H and O–H groups in total. The van der Waals surface area contributed by atoms with Crippen molar-refractivity contribution in [2.75, 3.05) is 26.0 Å². The highest BCUT2D eigenvalue weighted by Gasteiger charge is 2.01. The first-order chi connectivity index (χ1) is 9.28. The molecule has 0 amide bonds. The van der Waals surface area contributed by atoms with Crippen LogP contribution in [0, 0.1) is 0 Å². The number of rotatable bonds is 6.